The fourth-order valence-corrected chi connectivity index (χ4v) is 6.21. The van der Waals surface area contributed by atoms with Crippen LogP contribution in [0.5, 0.6) is 34.5 Å². The molecule has 0 saturated carbocycles. The Kier molecular flexibility index (Phi) is 9.93. The Bertz CT molecular complexity index is 1430. The summed E-state index contributed by atoms with van der Waals surface area (Å²) in [6, 6.07) is 0.496. The largest absolute Gasteiger partial charge is 0.504 e. The van der Waals surface area contributed by atoms with Gasteiger partial charge in [0.2, 0.25) is 5.91 Å². The summed E-state index contributed by atoms with van der Waals surface area (Å²) in [6.45, 7) is 12.5. The Labute approximate surface area is 253 Å². The first-order valence-electron chi connectivity index (χ1n) is 14.1. The summed E-state index contributed by atoms with van der Waals surface area (Å²) in [5.41, 5.74) is 4.50. The monoisotopic (exact) mass is 594 g/mol. The van der Waals surface area contributed by atoms with Gasteiger partial charge in [-0.15, -0.1) is 6.58 Å². The number of hydrogen-bond donors (Lipinski definition) is 1. The fraction of sp³-hybridized carbons (Fsp3) is 0.424. The second-order valence-electron chi connectivity index (χ2n) is 10.5. The summed E-state index contributed by atoms with van der Waals surface area (Å²) >= 11 is 0. The van der Waals surface area contributed by atoms with Gasteiger partial charge in [0.05, 0.1) is 53.7 Å². The summed E-state index contributed by atoms with van der Waals surface area (Å²) < 4.78 is 35.0. The van der Waals surface area contributed by atoms with E-state index in [9.17, 15) is 9.90 Å². The standard InChI is InChI=1S/C33H42N2O8/c1-10-12-42-18-25-27-23(29(39-7)20(4)31(41-9)32(27)43-13-11-2)16-22-17-34(5)24(33(37)35(22)25)14-21-15-26(36)30(40-8)19(3)28(21)38-6/h10-11,15-16,24-25,36H,1-2,12-14,17-18H2,3-9H3/t24-,25-/m0/s1. The second-order valence-corrected chi connectivity index (χ2v) is 10.5. The molecule has 232 valence electrons. The molecular weight excluding hydrogens is 552 g/mol. The van der Waals surface area contributed by atoms with Crippen LogP contribution in [0.3, 0.4) is 0 Å². The first-order valence-corrected chi connectivity index (χ1v) is 14.1. The van der Waals surface area contributed by atoms with E-state index in [4.69, 9.17) is 28.4 Å². The normalized spacial score (nSPS) is 17.9. The van der Waals surface area contributed by atoms with Gasteiger partial charge in [0.1, 0.15) is 18.1 Å². The van der Waals surface area contributed by atoms with Crippen molar-refractivity contribution in [1.29, 1.82) is 0 Å². The highest BCUT2D eigenvalue weighted by Crippen LogP contribution is 2.52. The van der Waals surface area contributed by atoms with Crippen molar-refractivity contribution in [1.82, 2.24) is 9.80 Å². The molecule has 2 aliphatic heterocycles. The zero-order valence-corrected chi connectivity index (χ0v) is 26.1. The van der Waals surface area contributed by atoms with E-state index in [2.05, 4.69) is 13.2 Å². The van der Waals surface area contributed by atoms with Crippen LogP contribution in [0.15, 0.2) is 37.1 Å². The Morgan fingerprint density at radius 2 is 1.53 bits per heavy atom. The SMILES string of the molecule is C=CCOC[C@H]1c2c(c(OC)c(C)c(OC)c2OCC=C)C=C2CN(C)[C@@H](Cc3cc(O)c(OC)c(C)c3OC)C(=O)N21. The second kappa shape index (κ2) is 13.4. The number of phenolic OH excluding ortho intramolecular Hbond substituents is 1. The lowest BCUT2D eigenvalue weighted by Crippen LogP contribution is -2.57. The summed E-state index contributed by atoms with van der Waals surface area (Å²) in [5.74, 6) is 2.45. The Morgan fingerprint density at radius 3 is 2.14 bits per heavy atom. The molecule has 0 aromatic heterocycles. The van der Waals surface area contributed by atoms with E-state index in [1.165, 1.54) is 7.11 Å². The maximum Gasteiger partial charge on any atom is 0.245 e. The molecule has 2 heterocycles. The lowest BCUT2D eigenvalue weighted by atomic mass is 9.87. The molecule has 4 rings (SSSR count). The Balaban J connectivity index is 1.88. The minimum absolute atomic E-state index is 0.0107. The van der Waals surface area contributed by atoms with Gasteiger partial charge in [0, 0.05) is 46.5 Å². The molecule has 10 nitrogen and oxygen atoms in total. The van der Waals surface area contributed by atoms with Crippen LogP contribution in [0.4, 0.5) is 0 Å². The molecule has 2 aromatic carbocycles. The number of carbonyl (C=O) groups excluding carboxylic acids is 1. The van der Waals surface area contributed by atoms with E-state index >= 15 is 0 Å². The predicted molar refractivity (Wildman–Crippen MR) is 165 cm³/mol. The van der Waals surface area contributed by atoms with Crippen molar-refractivity contribution < 1.29 is 38.3 Å². The van der Waals surface area contributed by atoms with Gasteiger partial charge in [-0.3, -0.25) is 9.69 Å². The number of phenols is 1. The number of rotatable bonds is 13. The predicted octanol–water partition coefficient (Wildman–Crippen LogP) is 4.59. The lowest BCUT2D eigenvalue weighted by Gasteiger charge is -2.47. The molecule has 10 heteroatoms. The van der Waals surface area contributed by atoms with Gasteiger partial charge in [-0.05, 0) is 33.0 Å². The van der Waals surface area contributed by atoms with Crippen molar-refractivity contribution in [3.8, 4) is 34.5 Å². The number of fused-ring (bicyclic) bond motifs is 2. The molecule has 0 bridgehead atoms. The number of aromatic hydroxyl groups is 1. The molecule has 0 radical (unpaired) electrons. The molecule has 0 unspecified atom stereocenters. The first kappa shape index (κ1) is 31.8. The molecule has 43 heavy (non-hydrogen) atoms. The molecule has 0 aliphatic carbocycles. The average Bonchev–Trinajstić information content (AvgIpc) is 2.97. The van der Waals surface area contributed by atoms with Gasteiger partial charge in [0.15, 0.2) is 23.0 Å². The highest BCUT2D eigenvalue weighted by molar-refractivity contribution is 5.89. The quantitative estimate of drug-likeness (QED) is 0.264. The topological polar surface area (TPSA) is 99.2 Å². The van der Waals surface area contributed by atoms with Crippen molar-refractivity contribution in [2.75, 3.05) is 61.9 Å². The van der Waals surface area contributed by atoms with Gasteiger partial charge < -0.3 is 38.4 Å². The van der Waals surface area contributed by atoms with E-state index in [1.807, 2.05) is 31.9 Å². The van der Waals surface area contributed by atoms with E-state index in [0.29, 0.717) is 59.4 Å². The van der Waals surface area contributed by atoms with Crippen molar-refractivity contribution >= 4 is 12.0 Å². The maximum absolute atomic E-state index is 14.5. The Morgan fingerprint density at radius 1 is 0.907 bits per heavy atom. The highest BCUT2D eigenvalue weighted by Gasteiger charge is 2.45. The van der Waals surface area contributed by atoms with Crippen LogP contribution in [-0.4, -0.2) is 88.7 Å². The van der Waals surface area contributed by atoms with Crippen LogP contribution < -0.4 is 23.7 Å². The zero-order chi connectivity index (χ0) is 31.4. The Hall–Kier alpha value is -4.15. The molecule has 1 saturated heterocycles. The summed E-state index contributed by atoms with van der Waals surface area (Å²) in [7, 11) is 8.18. The van der Waals surface area contributed by atoms with Crippen LogP contribution >= 0.6 is 0 Å². The van der Waals surface area contributed by atoms with Crippen LogP contribution in [0.2, 0.25) is 0 Å². The van der Waals surface area contributed by atoms with Crippen LogP contribution in [0, 0.1) is 13.8 Å². The third kappa shape index (κ3) is 5.64. The number of nitrogens with zero attached hydrogens (tertiary/aromatic N) is 2. The number of hydrogen-bond acceptors (Lipinski definition) is 9. The number of ether oxygens (including phenoxy) is 6. The van der Waals surface area contributed by atoms with E-state index in [-0.39, 0.29) is 24.9 Å². The molecule has 2 aliphatic rings. The van der Waals surface area contributed by atoms with E-state index in [0.717, 1.165) is 22.4 Å². The van der Waals surface area contributed by atoms with Gasteiger partial charge >= 0.3 is 0 Å². The van der Waals surface area contributed by atoms with Gasteiger partial charge in [-0.1, -0.05) is 18.7 Å². The molecule has 2 aromatic rings. The molecule has 2 atom stereocenters. The third-order valence-corrected chi connectivity index (χ3v) is 8.00. The van der Waals surface area contributed by atoms with Gasteiger partial charge in [-0.2, -0.15) is 0 Å². The zero-order valence-electron chi connectivity index (χ0n) is 26.1. The fourth-order valence-electron chi connectivity index (χ4n) is 6.21. The number of likely N-dealkylation sites (N-methyl/N-ethyl adjacent to an activating group) is 1. The number of benzene rings is 2. The highest BCUT2D eigenvalue weighted by atomic mass is 16.5. The lowest BCUT2D eigenvalue weighted by molar-refractivity contribution is -0.141. The van der Waals surface area contributed by atoms with Crippen LogP contribution in [0.25, 0.3) is 6.08 Å². The molecular formula is C33H42N2O8. The minimum atomic E-state index is -0.562. The van der Waals surface area contributed by atoms with E-state index < -0.39 is 12.1 Å². The number of piperazine rings is 1. The molecule has 0 spiro atoms. The van der Waals surface area contributed by atoms with Gasteiger partial charge in [-0.25, -0.2) is 0 Å². The summed E-state index contributed by atoms with van der Waals surface area (Å²) in [5, 5.41) is 10.7. The van der Waals surface area contributed by atoms with Crippen LogP contribution in [0.1, 0.15) is 33.9 Å². The van der Waals surface area contributed by atoms with Crippen LogP contribution in [-0.2, 0) is 16.0 Å². The third-order valence-electron chi connectivity index (χ3n) is 8.00. The smallest absolute Gasteiger partial charge is 0.245 e. The molecule has 1 amide bonds. The molecule has 1 N–H and O–H groups in total. The summed E-state index contributed by atoms with van der Waals surface area (Å²) in [6.07, 6.45) is 5.62. The first-order chi connectivity index (χ1) is 20.7. The van der Waals surface area contributed by atoms with Crippen molar-refractivity contribution in [3.05, 3.63) is 64.9 Å². The van der Waals surface area contributed by atoms with Gasteiger partial charge in [0.25, 0.3) is 0 Å². The van der Waals surface area contributed by atoms with E-state index in [1.54, 1.807) is 44.4 Å². The molecule has 1 fully saturated rings. The minimum Gasteiger partial charge on any atom is -0.504 e. The average molecular weight is 595 g/mol. The van der Waals surface area contributed by atoms with Crippen molar-refractivity contribution in [2.45, 2.75) is 32.4 Å². The number of methoxy groups -OCH3 is 4. The number of carbonyl (C=O) groups is 1. The van der Waals surface area contributed by atoms with Crippen molar-refractivity contribution in [2.24, 2.45) is 0 Å². The summed E-state index contributed by atoms with van der Waals surface area (Å²) in [4.78, 5) is 18.3. The number of amides is 1. The maximum atomic E-state index is 14.5. The van der Waals surface area contributed by atoms with Crippen molar-refractivity contribution in [3.63, 3.8) is 0 Å².